The van der Waals surface area contributed by atoms with E-state index in [0.29, 0.717) is 18.8 Å². The highest BCUT2D eigenvalue weighted by molar-refractivity contribution is 5.99. The number of nitrogens with zero attached hydrogens (tertiary/aromatic N) is 2. The third-order valence-electron chi connectivity index (χ3n) is 3.10. The molecule has 0 fully saturated rings. The number of nitrogen functional groups attached to an aromatic ring is 1. The monoisotopic (exact) mass is 265 g/mol. The zero-order valence-electron chi connectivity index (χ0n) is 10.9. The van der Waals surface area contributed by atoms with Crippen LogP contribution in [-0.4, -0.2) is 48.4 Å². The third kappa shape index (κ3) is 2.45. The number of hydrogen-bond acceptors (Lipinski definition) is 5. The van der Waals surface area contributed by atoms with Crippen LogP contribution in [-0.2, 0) is 0 Å². The van der Waals surface area contributed by atoms with Gasteiger partial charge in [0.2, 0.25) is 0 Å². The highest BCUT2D eigenvalue weighted by Gasteiger charge is 2.14. The molecule has 2 rings (SSSR count). The Kier molecular flexibility index (Phi) is 4.13. The Labute approximate surface area is 111 Å². The molecule has 0 bridgehead atoms. The van der Waals surface area contributed by atoms with Gasteiger partial charge in [-0.3, -0.25) is 0 Å². The van der Waals surface area contributed by atoms with Crippen LogP contribution in [0.4, 0.5) is 11.4 Å². The summed E-state index contributed by atoms with van der Waals surface area (Å²) in [7, 11) is 1.57. The molecule has 1 heterocycles. The average molecular weight is 265 g/mol. The molecule has 0 radical (unpaired) electrons. The topological polar surface area (TPSA) is 83.9 Å². The van der Waals surface area contributed by atoms with E-state index in [1.54, 1.807) is 24.1 Å². The Morgan fingerprint density at radius 2 is 1.89 bits per heavy atom. The number of fused-ring (bicyclic) bond motifs is 1. The smallest absolute Gasteiger partial charge is 0.112 e. The first-order chi connectivity index (χ1) is 9.22. The summed E-state index contributed by atoms with van der Waals surface area (Å²) in [6, 6.07) is 5.60. The Balaban J connectivity index is 2.53. The van der Waals surface area contributed by atoms with E-state index in [0.717, 1.165) is 16.6 Å². The highest BCUT2D eigenvalue weighted by Crippen LogP contribution is 2.31. The van der Waals surface area contributed by atoms with Crippen molar-refractivity contribution in [3.8, 4) is 0 Å². The lowest BCUT2D eigenvalue weighted by molar-refractivity contribution is 0.179. The normalized spacial score (nSPS) is 10.9. The number of aliphatic hydroxyl groups excluding tert-OH is 2. The van der Waals surface area contributed by atoms with Crippen LogP contribution in [0.3, 0.4) is 0 Å². The van der Waals surface area contributed by atoms with Crippen molar-refractivity contribution in [2.24, 2.45) is 0 Å². The summed E-state index contributed by atoms with van der Waals surface area (Å²) < 4.78 is 1.60. The van der Waals surface area contributed by atoms with Gasteiger partial charge in [0.25, 0.3) is 0 Å². The molecule has 2 aromatic rings. The van der Waals surface area contributed by atoms with Crippen LogP contribution in [0.25, 0.3) is 10.9 Å². The average Bonchev–Trinajstić information content (AvgIpc) is 2.84. The molecule has 4 N–H and O–H groups in total. The molecule has 0 spiro atoms. The number of aliphatic hydroxyl groups is 2. The first-order valence-corrected chi connectivity index (χ1v) is 6.13. The Morgan fingerprint density at radius 1 is 1.21 bits per heavy atom. The van der Waals surface area contributed by atoms with Crippen molar-refractivity contribution in [3.63, 3.8) is 0 Å². The largest absolute Gasteiger partial charge is 0.417 e. The molecule has 0 aliphatic carbocycles. The number of aromatic nitrogens is 1. The minimum atomic E-state index is 0.0247. The minimum absolute atomic E-state index is 0.0247. The third-order valence-corrected chi connectivity index (χ3v) is 3.10. The first kappa shape index (κ1) is 13.5. The SMILES string of the molecule is COn1ccc2c(N(CCO)CCO)ccc(N)c21. The lowest BCUT2D eigenvalue weighted by atomic mass is 10.1. The fourth-order valence-electron chi connectivity index (χ4n) is 2.26. The minimum Gasteiger partial charge on any atom is -0.417 e. The highest BCUT2D eigenvalue weighted by atomic mass is 16.6. The van der Waals surface area contributed by atoms with Gasteiger partial charge in [0.1, 0.15) is 12.6 Å². The number of anilines is 2. The molecule has 6 nitrogen and oxygen atoms in total. The van der Waals surface area contributed by atoms with E-state index in [1.165, 1.54) is 0 Å². The van der Waals surface area contributed by atoms with Gasteiger partial charge in [-0.1, -0.05) is 0 Å². The number of benzene rings is 1. The maximum atomic E-state index is 9.12. The maximum absolute atomic E-state index is 9.12. The fraction of sp³-hybridized carbons (Fsp3) is 0.385. The summed E-state index contributed by atoms with van der Waals surface area (Å²) >= 11 is 0. The van der Waals surface area contributed by atoms with E-state index in [4.69, 9.17) is 20.8 Å². The molecule has 19 heavy (non-hydrogen) atoms. The molecule has 0 amide bonds. The number of nitrogens with two attached hydrogens (primary N) is 1. The summed E-state index contributed by atoms with van der Waals surface area (Å²) in [6.07, 6.45) is 1.79. The predicted molar refractivity (Wildman–Crippen MR) is 75.2 cm³/mol. The van der Waals surface area contributed by atoms with Crippen molar-refractivity contribution in [2.45, 2.75) is 0 Å². The lowest BCUT2D eigenvalue weighted by Gasteiger charge is -2.24. The molecule has 0 saturated heterocycles. The van der Waals surface area contributed by atoms with Gasteiger partial charge in [-0.05, 0) is 18.2 Å². The van der Waals surface area contributed by atoms with Crippen LogP contribution >= 0.6 is 0 Å². The Bertz CT molecular complexity index is 547. The van der Waals surface area contributed by atoms with Gasteiger partial charge in [-0.25, -0.2) is 0 Å². The van der Waals surface area contributed by atoms with E-state index in [1.807, 2.05) is 17.0 Å². The van der Waals surface area contributed by atoms with Gasteiger partial charge in [0, 0.05) is 30.4 Å². The Morgan fingerprint density at radius 3 is 2.47 bits per heavy atom. The van der Waals surface area contributed by atoms with Gasteiger partial charge < -0.3 is 25.7 Å². The van der Waals surface area contributed by atoms with E-state index in [9.17, 15) is 0 Å². The zero-order chi connectivity index (χ0) is 13.8. The molecule has 0 aliphatic rings. The van der Waals surface area contributed by atoms with E-state index >= 15 is 0 Å². The predicted octanol–water partition coefficient (Wildman–Crippen LogP) is 0.0729. The van der Waals surface area contributed by atoms with Crippen LogP contribution in [0.15, 0.2) is 24.4 Å². The molecular formula is C13H19N3O3. The number of hydrogen-bond donors (Lipinski definition) is 3. The van der Waals surface area contributed by atoms with Gasteiger partial charge in [0.15, 0.2) is 0 Å². The molecule has 0 saturated carbocycles. The molecule has 0 unspecified atom stereocenters. The first-order valence-electron chi connectivity index (χ1n) is 6.13. The second kappa shape index (κ2) is 5.81. The molecule has 0 aliphatic heterocycles. The van der Waals surface area contributed by atoms with E-state index in [-0.39, 0.29) is 13.2 Å². The summed E-state index contributed by atoms with van der Waals surface area (Å²) in [6.45, 7) is 0.962. The van der Waals surface area contributed by atoms with Crippen LogP contribution in [0.1, 0.15) is 0 Å². The van der Waals surface area contributed by atoms with Crippen molar-refractivity contribution in [3.05, 3.63) is 24.4 Å². The van der Waals surface area contributed by atoms with Crippen LogP contribution in [0, 0.1) is 0 Å². The van der Waals surface area contributed by atoms with Crippen LogP contribution in [0.5, 0.6) is 0 Å². The lowest BCUT2D eigenvalue weighted by Crippen LogP contribution is -2.29. The van der Waals surface area contributed by atoms with Crippen molar-refractivity contribution in [2.75, 3.05) is 44.0 Å². The summed E-state index contributed by atoms with van der Waals surface area (Å²) in [4.78, 5) is 7.14. The summed E-state index contributed by atoms with van der Waals surface area (Å²) in [5, 5.41) is 19.2. The second-order valence-electron chi connectivity index (χ2n) is 4.19. The van der Waals surface area contributed by atoms with Crippen molar-refractivity contribution in [1.29, 1.82) is 0 Å². The van der Waals surface area contributed by atoms with Gasteiger partial charge >= 0.3 is 0 Å². The quantitative estimate of drug-likeness (QED) is 0.644. The Hall–Kier alpha value is -1.92. The second-order valence-corrected chi connectivity index (χ2v) is 4.19. The molecular weight excluding hydrogens is 246 g/mol. The molecule has 1 aromatic heterocycles. The van der Waals surface area contributed by atoms with Gasteiger partial charge in [-0.2, -0.15) is 4.73 Å². The zero-order valence-corrected chi connectivity index (χ0v) is 10.9. The summed E-state index contributed by atoms with van der Waals surface area (Å²) in [5.41, 5.74) is 8.31. The van der Waals surface area contributed by atoms with Gasteiger partial charge in [0.05, 0.1) is 18.9 Å². The molecule has 0 atom stereocenters. The standard InChI is InChI=1S/C13H19N3O3/c1-19-16-5-4-10-12(3-2-11(14)13(10)16)15(6-8-17)7-9-18/h2-5,17-18H,6-9,14H2,1H3. The molecule has 104 valence electrons. The van der Waals surface area contributed by atoms with Crippen molar-refractivity contribution >= 4 is 22.3 Å². The molecule has 1 aromatic carbocycles. The van der Waals surface area contributed by atoms with Crippen LogP contribution < -0.4 is 15.5 Å². The maximum Gasteiger partial charge on any atom is 0.112 e. The molecule has 6 heteroatoms. The van der Waals surface area contributed by atoms with Crippen LogP contribution in [0.2, 0.25) is 0 Å². The van der Waals surface area contributed by atoms with E-state index in [2.05, 4.69) is 0 Å². The van der Waals surface area contributed by atoms with Crippen molar-refractivity contribution in [1.82, 2.24) is 4.73 Å². The fourth-order valence-corrected chi connectivity index (χ4v) is 2.26. The summed E-state index contributed by atoms with van der Waals surface area (Å²) in [5.74, 6) is 0. The van der Waals surface area contributed by atoms with Gasteiger partial charge in [-0.15, -0.1) is 0 Å². The number of rotatable bonds is 6. The van der Waals surface area contributed by atoms with E-state index < -0.39 is 0 Å². The van der Waals surface area contributed by atoms with Crippen molar-refractivity contribution < 1.29 is 15.1 Å².